The van der Waals surface area contributed by atoms with Gasteiger partial charge in [0.05, 0.1) is 18.1 Å². The maximum atomic E-state index is 4.41. The summed E-state index contributed by atoms with van der Waals surface area (Å²) in [6.45, 7) is 5.21. The van der Waals surface area contributed by atoms with Gasteiger partial charge in [0.25, 0.3) is 0 Å². The van der Waals surface area contributed by atoms with Crippen molar-refractivity contribution in [1.82, 2.24) is 9.55 Å². The Morgan fingerprint density at radius 3 is 2.89 bits per heavy atom. The number of aryl methyl sites for hydroxylation is 2. The van der Waals surface area contributed by atoms with Gasteiger partial charge in [-0.05, 0) is 38.3 Å². The first-order chi connectivity index (χ1) is 8.75. The molecule has 3 nitrogen and oxygen atoms in total. The van der Waals surface area contributed by atoms with Crippen LogP contribution in [0.15, 0.2) is 30.6 Å². The van der Waals surface area contributed by atoms with Crippen molar-refractivity contribution in [3.05, 3.63) is 47.5 Å². The molecule has 0 saturated heterocycles. The number of anilines is 1. The van der Waals surface area contributed by atoms with Crippen molar-refractivity contribution in [2.24, 2.45) is 0 Å². The fourth-order valence-corrected chi connectivity index (χ4v) is 2.68. The monoisotopic (exact) mass is 241 g/mol. The predicted octanol–water partition coefficient (Wildman–Crippen LogP) is 3.10. The van der Waals surface area contributed by atoms with Crippen LogP contribution in [0, 0.1) is 13.8 Å². The Kier molecular flexibility index (Phi) is 2.82. The van der Waals surface area contributed by atoms with Gasteiger partial charge >= 0.3 is 0 Å². The first kappa shape index (κ1) is 11.3. The van der Waals surface area contributed by atoms with Crippen molar-refractivity contribution in [3.63, 3.8) is 0 Å². The molecule has 2 heterocycles. The third kappa shape index (κ3) is 1.90. The second kappa shape index (κ2) is 4.48. The van der Waals surface area contributed by atoms with E-state index in [0.717, 1.165) is 18.7 Å². The van der Waals surface area contributed by atoms with Crippen LogP contribution in [0.25, 0.3) is 0 Å². The molecular formula is C15H19N3. The van der Waals surface area contributed by atoms with Crippen LogP contribution in [0.4, 0.5) is 5.69 Å². The second-order valence-electron chi connectivity index (χ2n) is 5.05. The van der Waals surface area contributed by atoms with E-state index in [9.17, 15) is 0 Å². The molecule has 0 radical (unpaired) electrons. The lowest BCUT2D eigenvalue weighted by molar-refractivity contribution is 0.485. The number of nitrogens with one attached hydrogen (secondary N) is 1. The fourth-order valence-electron chi connectivity index (χ4n) is 2.68. The minimum atomic E-state index is 0.499. The van der Waals surface area contributed by atoms with Crippen LogP contribution in [0.3, 0.4) is 0 Å². The van der Waals surface area contributed by atoms with Gasteiger partial charge in [-0.3, -0.25) is 0 Å². The molecule has 1 aliphatic heterocycles. The van der Waals surface area contributed by atoms with Crippen molar-refractivity contribution >= 4 is 5.69 Å². The zero-order chi connectivity index (χ0) is 12.5. The van der Waals surface area contributed by atoms with Crippen LogP contribution in [0.2, 0.25) is 0 Å². The SMILES string of the molecule is Cc1ncn(C2CCc3ccccc3NC2)c1C. The fraction of sp³-hybridized carbons (Fsp3) is 0.400. The number of nitrogens with zero attached hydrogens (tertiary/aromatic N) is 2. The summed E-state index contributed by atoms with van der Waals surface area (Å²) in [7, 11) is 0. The Morgan fingerprint density at radius 1 is 1.28 bits per heavy atom. The highest BCUT2D eigenvalue weighted by Crippen LogP contribution is 2.26. The number of benzene rings is 1. The molecule has 0 fully saturated rings. The van der Waals surface area contributed by atoms with E-state index >= 15 is 0 Å². The van der Waals surface area contributed by atoms with Gasteiger partial charge in [0.15, 0.2) is 0 Å². The van der Waals surface area contributed by atoms with Gasteiger partial charge in [0, 0.05) is 17.9 Å². The summed E-state index contributed by atoms with van der Waals surface area (Å²) in [4.78, 5) is 4.41. The number of rotatable bonds is 1. The summed E-state index contributed by atoms with van der Waals surface area (Å²) in [6.07, 6.45) is 4.28. The minimum absolute atomic E-state index is 0.499. The maximum absolute atomic E-state index is 4.41. The van der Waals surface area contributed by atoms with E-state index in [1.807, 2.05) is 6.33 Å². The predicted molar refractivity (Wildman–Crippen MR) is 74.0 cm³/mol. The zero-order valence-electron chi connectivity index (χ0n) is 11.0. The molecule has 94 valence electrons. The Bertz CT molecular complexity index is 530. The van der Waals surface area contributed by atoms with Crippen LogP contribution < -0.4 is 5.32 Å². The molecule has 3 rings (SSSR count). The highest BCUT2D eigenvalue weighted by molar-refractivity contribution is 5.52. The number of hydrogen-bond donors (Lipinski definition) is 1. The highest BCUT2D eigenvalue weighted by atomic mass is 15.1. The highest BCUT2D eigenvalue weighted by Gasteiger charge is 2.18. The van der Waals surface area contributed by atoms with Crippen molar-refractivity contribution in [3.8, 4) is 0 Å². The van der Waals surface area contributed by atoms with Crippen LogP contribution >= 0.6 is 0 Å². The van der Waals surface area contributed by atoms with E-state index < -0.39 is 0 Å². The van der Waals surface area contributed by atoms with E-state index in [-0.39, 0.29) is 0 Å². The molecule has 0 aliphatic carbocycles. The van der Waals surface area contributed by atoms with E-state index in [4.69, 9.17) is 0 Å². The second-order valence-corrected chi connectivity index (χ2v) is 5.05. The lowest BCUT2D eigenvalue weighted by atomic mass is 10.1. The lowest BCUT2D eigenvalue weighted by Gasteiger charge is -2.18. The Balaban J connectivity index is 1.85. The van der Waals surface area contributed by atoms with Gasteiger partial charge in [0.1, 0.15) is 0 Å². The van der Waals surface area contributed by atoms with E-state index in [1.165, 1.54) is 23.4 Å². The van der Waals surface area contributed by atoms with Gasteiger partial charge in [-0.15, -0.1) is 0 Å². The smallest absolute Gasteiger partial charge is 0.0954 e. The third-order valence-corrected chi connectivity index (χ3v) is 3.97. The lowest BCUT2D eigenvalue weighted by Crippen LogP contribution is -2.18. The molecule has 1 unspecified atom stereocenters. The quantitative estimate of drug-likeness (QED) is 0.831. The molecule has 3 heteroatoms. The Labute approximate surface area is 108 Å². The van der Waals surface area contributed by atoms with E-state index in [0.29, 0.717) is 6.04 Å². The van der Waals surface area contributed by atoms with E-state index in [2.05, 4.69) is 53.0 Å². The summed E-state index contributed by atoms with van der Waals surface area (Å²) >= 11 is 0. The van der Waals surface area contributed by atoms with Crippen molar-refractivity contribution in [2.75, 3.05) is 11.9 Å². The number of hydrogen-bond acceptors (Lipinski definition) is 2. The van der Waals surface area contributed by atoms with Crippen LogP contribution in [0.1, 0.15) is 29.4 Å². The van der Waals surface area contributed by atoms with Gasteiger partial charge < -0.3 is 9.88 Å². The average Bonchev–Trinajstić information content (AvgIpc) is 2.63. The Morgan fingerprint density at radius 2 is 2.11 bits per heavy atom. The van der Waals surface area contributed by atoms with Crippen molar-refractivity contribution < 1.29 is 0 Å². The first-order valence-corrected chi connectivity index (χ1v) is 6.57. The molecule has 0 saturated carbocycles. The number of imidazole rings is 1. The minimum Gasteiger partial charge on any atom is -0.383 e. The van der Waals surface area contributed by atoms with Crippen molar-refractivity contribution in [1.29, 1.82) is 0 Å². The summed E-state index contributed by atoms with van der Waals surface area (Å²) in [5, 5.41) is 3.56. The largest absolute Gasteiger partial charge is 0.383 e. The molecule has 0 spiro atoms. The molecule has 1 aromatic heterocycles. The number of aromatic nitrogens is 2. The van der Waals surface area contributed by atoms with Gasteiger partial charge in [-0.1, -0.05) is 18.2 Å². The molecule has 18 heavy (non-hydrogen) atoms. The molecule has 2 aromatic rings. The molecule has 1 atom stereocenters. The molecule has 1 aromatic carbocycles. The Hall–Kier alpha value is -1.77. The summed E-state index contributed by atoms with van der Waals surface area (Å²) < 4.78 is 2.31. The average molecular weight is 241 g/mol. The maximum Gasteiger partial charge on any atom is 0.0954 e. The van der Waals surface area contributed by atoms with Gasteiger partial charge in [-0.2, -0.15) is 0 Å². The molecular weight excluding hydrogens is 222 g/mol. The summed E-state index contributed by atoms with van der Waals surface area (Å²) in [5.41, 5.74) is 5.13. The molecule has 0 bridgehead atoms. The normalized spacial score (nSPS) is 18.9. The summed E-state index contributed by atoms with van der Waals surface area (Å²) in [6, 6.07) is 9.10. The van der Waals surface area contributed by atoms with Crippen LogP contribution in [-0.4, -0.2) is 16.1 Å². The van der Waals surface area contributed by atoms with Gasteiger partial charge in [-0.25, -0.2) is 4.98 Å². The molecule has 1 aliphatic rings. The topological polar surface area (TPSA) is 29.9 Å². The first-order valence-electron chi connectivity index (χ1n) is 6.57. The zero-order valence-corrected chi connectivity index (χ0v) is 11.0. The van der Waals surface area contributed by atoms with Gasteiger partial charge in [0.2, 0.25) is 0 Å². The van der Waals surface area contributed by atoms with Crippen LogP contribution in [-0.2, 0) is 6.42 Å². The van der Waals surface area contributed by atoms with Crippen LogP contribution in [0.5, 0.6) is 0 Å². The molecule has 1 N–H and O–H groups in total. The van der Waals surface area contributed by atoms with E-state index in [1.54, 1.807) is 0 Å². The number of para-hydroxylation sites is 1. The van der Waals surface area contributed by atoms with Crippen molar-refractivity contribution in [2.45, 2.75) is 32.7 Å². The third-order valence-electron chi connectivity index (χ3n) is 3.97. The summed E-state index contributed by atoms with van der Waals surface area (Å²) in [5.74, 6) is 0. The number of fused-ring (bicyclic) bond motifs is 1. The standard InChI is InChI=1S/C15H19N3/c1-11-12(2)18(10-17-11)14-8-7-13-5-3-4-6-15(13)16-9-14/h3-6,10,14,16H,7-9H2,1-2H3. The molecule has 0 amide bonds.